The number of amides is 1. The molecule has 90 valence electrons. The molecule has 1 amide bonds. The lowest BCUT2D eigenvalue weighted by atomic mass is 10.2. The van der Waals surface area contributed by atoms with Gasteiger partial charge in [-0.25, -0.2) is 0 Å². The van der Waals surface area contributed by atoms with Crippen molar-refractivity contribution in [1.29, 1.82) is 0 Å². The van der Waals surface area contributed by atoms with Crippen molar-refractivity contribution in [2.24, 2.45) is 0 Å². The number of carbonyl (C=O) groups is 2. The van der Waals surface area contributed by atoms with Gasteiger partial charge in [0.2, 0.25) is 5.91 Å². The molecule has 0 aliphatic carbocycles. The third kappa shape index (κ3) is 4.28. The van der Waals surface area contributed by atoms with Crippen molar-refractivity contribution in [2.45, 2.75) is 13.0 Å². The highest BCUT2D eigenvalue weighted by atomic mass is 35.5. The lowest BCUT2D eigenvalue weighted by Crippen LogP contribution is -2.37. The Labute approximate surface area is 104 Å². The van der Waals surface area contributed by atoms with Crippen LogP contribution < -0.4 is 5.32 Å². The quantitative estimate of drug-likeness (QED) is 0.806. The molecule has 1 aromatic carbocycles. The standard InChI is InChI=1S/C12H12ClNO3/c1-8(12(16)17)14-11(15)7-6-9-4-2-3-5-10(9)13/h2-8H,1H3,(H,14,15)(H,16,17)/b7-6-/t8-/m0/s1. The number of carbonyl (C=O) groups excluding carboxylic acids is 1. The van der Waals surface area contributed by atoms with E-state index in [0.717, 1.165) is 0 Å². The van der Waals surface area contributed by atoms with Gasteiger partial charge in [0, 0.05) is 11.1 Å². The van der Waals surface area contributed by atoms with Crippen LogP contribution in [0.25, 0.3) is 6.08 Å². The molecule has 2 N–H and O–H groups in total. The number of halogens is 1. The average Bonchev–Trinajstić information content (AvgIpc) is 2.27. The zero-order chi connectivity index (χ0) is 12.8. The number of nitrogens with one attached hydrogen (secondary N) is 1. The van der Waals surface area contributed by atoms with E-state index in [9.17, 15) is 9.59 Å². The molecule has 0 unspecified atom stereocenters. The molecule has 0 bridgehead atoms. The van der Waals surface area contributed by atoms with Crippen molar-refractivity contribution in [3.05, 3.63) is 40.9 Å². The Morgan fingerprint density at radius 2 is 2.06 bits per heavy atom. The fourth-order valence-electron chi connectivity index (χ4n) is 1.10. The molecule has 0 saturated heterocycles. The zero-order valence-corrected chi connectivity index (χ0v) is 9.94. The van der Waals surface area contributed by atoms with Crippen molar-refractivity contribution in [3.8, 4) is 0 Å². The molecule has 0 aromatic heterocycles. The van der Waals surface area contributed by atoms with E-state index in [0.29, 0.717) is 10.6 Å². The smallest absolute Gasteiger partial charge is 0.325 e. The van der Waals surface area contributed by atoms with E-state index in [4.69, 9.17) is 16.7 Å². The summed E-state index contributed by atoms with van der Waals surface area (Å²) in [6.07, 6.45) is 2.78. The Hall–Kier alpha value is -1.81. The zero-order valence-electron chi connectivity index (χ0n) is 9.18. The summed E-state index contributed by atoms with van der Waals surface area (Å²) in [5.41, 5.74) is 0.701. The third-order valence-electron chi connectivity index (χ3n) is 2.05. The minimum absolute atomic E-state index is 0.472. The highest BCUT2D eigenvalue weighted by Crippen LogP contribution is 2.15. The van der Waals surface area contributed by atoms with E-state index in [2.05, 4.69) is 5.32 Å². The van der Waals surface area contributed by atoms with E-state index in [1.807, 2.05) is 0 Å². The minimum atomic E-state index is -1.08. The molecular formula is C12H12ClNO3. The van der Waals surface area contributed by atoms with Gasteiger partial charge in [-0.2, -0.15) is 0 Å². The summed E-state index contributed by atoms with van der Waals surface area (Å²) in [4.78, 5) is 21.8. The van der Waals surface area contributed by atoms with Gasteiger partial charge in [-0.1, -0.05) is 29.8 Å². The van der Waals surface area contributed by atoms with E-state index in [1.165, 1.54) is 19.1 Å². The highest BCUT2D eigenvalue weighted by Gasteiger charge is 2.11. The second-order valence-electron chi connectivity index (χ2n) is 3.42. The predicted molar refractivity (Wildman–Crippen MR) is 65.7 cm³/mol. The van der Waals surface area contributed by atoms with Gasteiger partial charge < -0.3 is 10.4 Å². The molecule has 5 heteroatoms. The molecule has 0 saturated carbocycles. The number of benzene rings is 1. The number of hydrogen-bond acceptors (Lipinski definition) is 2. The Bertz CT molecular complexity index is 457. The van der Waals surface area contributed by atoms with Gasteiger partial charge in [0.25, 0.3) is 0 Å². The number of carboxylic acid groups (broad SMARTS) is 1. The first-order valence-corrected chi connectivity index (χ1v) is 5.34. The summed E-state index contributed by atoms with van der Waals surface area (Å²) in [7, 11) is 0. The maximum absolute atomic E-state index is 11.3. The molecule has 0 fully saturated rings. The molecule has 0 aliphatic rings. The van der Waals surface area contributed by atoms with Crippen molar-refractivity contribution < 1.29 is 14.7 Å². The number of rotatable bonds is 4. The second-order valence-corrected chi connectivity index (χ2v) is 3.83. The molecule has 1 atom stereocenters. The van der Waals surface area contributed by atoms with Gasteiger partial charge in [-0.05, 0) is 24.6 Å². The van der Waals surface area contributed by atoms with E-state index in [1.54, 1.807) is 24.3 Å². The molecule has 0 spiro atoms. The summed E-state index contributed by atoms with van der Waals surface area (Å²) >= 11 is 5.89. The first-order chi connectivity index (χ1) is 8.00. The molecule has 1 rings (SSSR count). The summed E-state index contributed by atoms with van der Waals surface area (Å²) in [5.74, 6) is -1.55. The maximum atomic E-state index is 11.3. The topological polar surface area (TPSA) is 66.4 Å². The average molecular weight is 254 g/mol. The van der Waals surface area contributed by atoms with Crippen LogP contribution in [-0.2, 0) is 9.59 Å². The molecular weight excluding hydrogens is 242 g/mol. The van der Waals surface area contributed by atoms with Crippen molar-refractivity contribution >= 4 is 29.6 Å². The van der Waals surface area contributed by atoms with Crippen molar-refractivity contribution in [1.82, 2.24) is 5.32 Å². The second kappa shape index (κ2) is 6.06. The first-order valence-electron chi connectivity index (χ1n) is 4.96. The van der Waals surface area contributed by atoms with Crippen LogP contribution in [0.2, 0.25) is 5.02 Å². The lowest BCUT2D eigenvalue weighted by molar-refractivity contribution is -0.140. The Balaban J connectivity index is 2.63. The normalized spacial score (nSPS) is 12.4. The van der Waals surface area contributed by atoms with E-state index < -0.39 is 17.9 Å². The fourth-order valence-corrected chi connectivity index (χ4v) is 1.30. The SMILES string of the molecule is C[C@H](NC(=O)/C=C\c1ccccc1Cl)C(=O)O. The minimum Gasteiger partial charge on any atom is -0.480 e. The van der Waals surface area contributed by atoms with Crippen LogP contribution in [0.15, 0.2) is 30.3 Å². The van der Waals surface area contributed by atoms with Crippen molar-refractivity contribution in [2.75, 3.05) is 0 Å². The lowest BCUT2D eigenvalue weighted by Gasteiger charge is -2.06. The van der Waals surface area contributed by atoms with Gasteiger partial charge in [-0.3, -0.25) is 9.59 Å². The van der Waals surface area contributed by atoms with Crippen LogP contribution >= 0.6 is 11.6 Å². The summed E-state index contributed by atoms with van der Waals surface area (Å²) in [5, 5.41) is 11.4. The highest BCUT2D eigenvalue weighted by molar-refractivity contribution is 6.32. The molecule has 4 nitrogen and oxygen atoms in total. The summed E-state index contributed by atoms with van der Waals surface area (Å²) in [6, 6.07) is 6.12. The predicted octanol–water partition coefficient (Wildman–Crippen LogP) is 1.94. The van der Waals surface area contributed by atoms with Crippen LogP contribution in [0.4, 0.5) is 0 Å². The summed E-state index contributed by atoms with van der Waals surface area (Å²) < 4.78 is 0. The van der Waals surface area contributed by atoms with Crippen LogP contribution in [-0.4, -0.2) is 23.0 Å². The van der Waals surface area contributed by atoms with Gasteiger partial charge in [0.1, 0.15) is 6.04 Å². The van der Waals surface area contributed by atoms with Crippen LogP contribution in [0, 0.1) is 0 Å². The van der Waals surface area contributed by atoms with Crippen molar-refractivity contribution in [3.63, 3.8) is 0 Å². The number of carboxylic acids is 1. The van der Waals surface area contributed by atoms with Gasteiger partial charge in [-0.15, -0.1) is 0 Å². The molecule has 0 radical (unpaired) electrons. The number of hydrogen-bond donors (Lipinski definition) is 2. The van der Waals surface area contributed by atoms with Gasteiger partial charge in [0.15, 0.2) is 0 Å². The Kier molecular flexibility index (Phi) is 4.72. The van der Waals surface area contributed by atoms with E-state index >= 15 is 0 Å². The molecule has 17 heavy (non-hydrogen) atoms. The van der Waals surface area contributed by atoms with Gasteiger partial charge in [0.05, 0.1) is 0 Å². The molecule has 0 heterocycles. The molecule has 0 aliphatic heterocycles. The van der Waals surface area contributed by atoms with E-state index in [-0.39, 0.29) is 0 Å². The maximum Gasteiger partial charge on any atom is 0.325 e. The van der Waals surface area contributed by atoms with Crippen LogP contribution in [0.5, 0.6) is 0 Å². The van der Waals surface area contributed by atoms with Crippen LogP contribution in [0.1, 0.15) is 12.5 Å². The fraction of sp³-hybridized carbons (Fsp3) is 0.167. The van der Waals surface area contributed by atoms with Crippen LogP contribution in [0.3, 0.4) is 0 Å². The largest absolute Gasteiger partial charge is 0.480 e. The Morgan fingerprint density at radius 1 is 1.41 bits per heavy atom. The Morgan fingerprint density at radius 3 is 2.65 bits per heavy atom. The molecule has 1 aromatic rings. The third-order valence-corrected chi connectivity index (χ3v) is 2.39. The summed E-state index contributed by atoms with van der Waals surface area (Å²) in [6.45, 7) is 1.39. The first kappa shape index (κ1) is 13.3. The number of aliphatic carboxylic acids is 1. The van der Waals surface area contributed by atoms with Gasteiger partial charge >= 0.3 is 5.97 Å². The monoisotopic (exact) mass is 253 g/mol.